The predicted molar refractivity (Wildman–Crippen MR) is 94.4 cm³/mol. The minimum Gasteiger partial charge on any atom is -0.309 e. The van der Waals surface area contributed by atoms with Crippen molar-refractivity contribution in [3.8, 4) is 10.6 Å². The number of nitrogens with one attached hydrogen (secondary N) is 2. The molecule has 0 spiro atoms. The standard InChI is InChI=1S/C17H17ClF3N3OS/c18-12-5-4-11(26-12)14-13(8-2-1-3-8)15(24-23-14)22-16(25)9-6-10(7-9)17(19,20)21/h4-5,8-10H,1-3,6-7H2,(H2,22,23,24,25). The number of aromatic nitrogens is 2. The number of nitrogens with zero attached hydrogens (tertiary/aromatic N) is 1. The van der Waals surface area contributed by atoms with Crippen LogP contribution in [0.3, 0.4) is 0 Å². The molecule has 0 unspecified atom stereocenters. The van der Waals surface area contributed by atoms with Crippen LogP contribution in [-0.2, 0) is 4.79 Å². The summed E-state index contributed by atoms with van der Waals surface area (Å²) in [5, 5.41) is 9.96. The summed E-state index contributed by atoms with van der Waals surface area (Å²) in [7, 11) is 0. The van der Waals surface area contributed by atoms with Gasteiger partial charge >= 0.3 is 6.18 Å². The first kappa shape index (κ1) is 17.9. The van der Waals surface area contributed by atoms with Crippen molar-refractivity contribution in [1.29, 1.82) is 0 Å². The number of carbonyl (C=O) groups excluding carboxylic acids is 1. The topological polar surface area (TPSA) is 57.8 Å². The Morgan fingerprint density at radius 2 is 2.04 bits per heavy atom. The van der Waals surface area contributed by atoms with Crippen molar-refractivity contribution >= 4 is 34.7 Å². The molecule has 0 bridgehead atoms. The zero-order chi connectivity index (χ0) is 18.5. The minimum atomic E-state index is -4.22. The highest BCUT2D eigenvalue weighted by Gasteiger charge is 2.50. The highest BCUT2D eigenvalue weighted by atomic mass is 35.5. The molecule has 2 saturated carbocycles. The van der Waals surface area contributed by atoms with Gasteiger partial charge in [-0.1, -0.05) is 18.0 Å². The van der Waals surface area contributed by atoms with Crippen LogP contribution in [0.5, 0.6) is 0 Å². The van der Waals surface area contributed by atoms with Gasteiger partial charge in [0.15, 0.2) is 5.82 Å². The fraction of sp³-hybridized carbons (Fsp3) is 0.529. The van der Waals surface area contributed by atoms with E-state index in [9.17, 15) is 18.0 Å². The third-order valence-corrected chi connectivity index (χ3v) is 6.60. The summed E-state index contributed by atoms with van der Waals surface area (Å²) in [4.78, 5) is 13.3. The van der Waals surface area contributed by atoms with Gasteiger partial charge in [0, 0.05) is 11.5 Å². The molecule has 0 saturated heterocycles. The maximum Gasteiger partial charge on any atom is 0.391 e. The van der Waals surface area contributed by atoms with Crippen molar-refractivity contribution in [3.63, 3.8) is 0 Å². The second kappa shape index (κ2) is 6.56. The number of hydrogen-bond donors (Lipinski definition) is 2. The Labute approximate surface area is 157 Å². The van der Waals surface area contributed by atoms with E-state index in [1.54, 1.807) is 6.07 Å². The van der Waals surface area contributed by atoms with Crippen LogP contribution in [0.25, 0.3) is 10.6 Å². The van der Waals surface area contributed by atoms with Crippen LogP contribution >= 0.6 is 22.9 Å². The molecule has 4 nitrogen and oxygen atoms in total. The van der Waals surface area contributed by atoms with E-state index in [1.807, 2.05) is 6.07 Å². The Balaban J connectivity index is 1.52. The molecule has 0 radical (unpaired) electrons. The third kappa shape index (κ3) is 3.24. The summed E-state index contributed by atoms with van der Waals surface area (Å²) < 4.78 is 38.5. The number of amides is 1. The lowest BCUT2D eigenvalue weighted by molar-refractivity contribution is -0.203. The van der Waals surface area contributed by atoms with Gasteiger partial charge in [-0.05, 0) is 43.7 Å². The lowest BCUT2D eigenvalue weighted by Crippen LogP contribution is -2.41. The zero-order valence-corrected chi connectivity index (χ0v) is 15.3. The second-order valence-electron chi connectivity index (χ2n) is 6.99. The number of thiophene rings is 1. The molecule has 2 aliphatic carbocycles. The van der Waals surface area contributed by atoms with Crippen LogP contribution in [0, 0.1) is 11.8 Å². The summed E-state index contributed by atoms with van der Waals surface area (Å²) in [6.07, 6.45) is -1.38. The quantitative estimate of drug-likeness (QED) is 0.699. The van der Waals surface area contributed by atoms with E-state index in [-0.39, 0.29) is 18.7 Å². The number of aromatic amines is 1. The monoisotopic (exact) mass is 403 g/mol. The summed E-state index contributed by atoms with van der Waals surface area (Å²) >= 11 is 7.44. The van der Waals surface area contributed by atoms with Crippen LogP contribution in [0.4, 0.5) is 19.0 Å². The Morgan fingerprint density at radius 3 is 2.58 bits per heavy atom. The van der Waals surface area contributed by atoms with Crippen LogP contribution in [0.1, 0.15) is 43.6 Å². The van der Waals surface area contributed by atoms with Crippen LogP contribution in [0.2, 0.25) is 4.34 Å². The number of alkyl halides is 3. The first-order chi connectivity index (χ1) is 12.3. The second-order valence-corrected chi connectivity index (χ2v) is 8.70. The van der Waals surface area contributed by atoms with Gasteiger partial charge in [-0.25, -0.2) is 0 Å². The van der Waals surface area contributed by atoms with Gasteiger partial charge in [0.05, 0.1) is 20.8 Å². The summed E-state index contributed by atoms with van der Waals surface area (Å²) in [5.74, 6) is -1.62. The number of rotatable bonds is 4. The molecule has 4 rings (SSSR count). The lowest BCUT2D eigenvalue weighted by atomic mass is 9.74. The molecule has 2 aliphatic rings. The molecule has 2 aromatic heterocycles. The normalized spacial score (nSPS) is 23.4. The lowest BCUT2D eigenvalue weighted by Gasteiger charge is -2.35. The average Bonchev–Trinajstić information content (AvgIpc) is 3.01. The minimum absolute atomic E-state index is 0.147. The van der Waals surface area contributed by atoms with Crippen molar-refractivity contribution in [3.05, 3.63) is 22.0 Å². The average molecular weight is 404 g/mol. The number of hydrogen-bond acceptors (Lipinski definition) is 3. The number of halogens is 4. The molecule has 1 amide bonds. The molecule has 0 aromatic carbocycles. The summed E-state index contributed by atoms with van der Waals surface area (Å²) in [5.41, 5.74) is 1.78. The molecular weight excluding hydrogens is 387 g/mol. The van der Waals surface area contributed by atoms with E-state index in [0.29, 0.717) is 16.1 Å². The van der Waals surface area contributed by atoms with Gasteiger partial charge in [-0.2, -0.15) is 18.3 Å². The molecule has 2 heterocycles. The molecule has 2 fully saturated rings. The number of carbonyl (C=O) groups is 1. The Hall–Kier alpha value is -1.54. The smallest absolute Gasteiger partial charge is 0.309 e. The molecule has 2 N–H and O–H groups in total. The van der Waals surface area contributed by atoms with Gasteiger partial charge in [0.25, 0.3) is 0 Å². The summed E-state index contributed by atoms with van der Waals surface area (Å²) in [6, 6.07) is 3.70. The molecule has 0 aliphatic heterocycles. The van der Waals surface area contributed by atoms with Crippen molar-refractivity contribution < 1.29 is 18.0 Å². The fourth-order valence-electron chi connectivity index (χ4n) is 3.49. The van der Waals surface area contributed by atoms with E-state index in [0.717, 1.165) is 35.4 Å². The van der Waals surface area contributed by atoms with Crippen molar-refractivity contribution in [2.75, 3.05) is 5.32 Å². The maximum absolute atomic E-state index is 12.6. The van der Waals surface area contributed by atoms with Gasteiger partial charge in [-0.15, -0.1) is 11.3 Å². The van der Waals surface area contributed by atoms with E-state index in [4.69, 9.17) is 11.6 Å². The zero-order valence-electron chi connectivity index (χ0n) is 13.7. The fourth-order valence-corrected chi connectivity index (χ4v) is 4.55. The van der Waals surface area contributed by atoms with E-state index in [2.05, 4.69) is 15.5 Å². The molecule has 2 aromatic rings. The first-order valence-corrected chi connectivity index (χ1v) is 9.74. The van der Waals surface area contributed by atoms with Crippen LogP contribution in [-0.4, -0.2) is 22.3 Å². The van der Waals surface area contributed by atoms with Gasteiger partial charge in [0.2, 0.25) is 5.91 Å². The van der Waals surface area contributed by atoms with Crippen LogP contribution < -0.4 is 5.32 Å². The molecular formula is C17H17ClF3N3OS. The van der Waals surface area contributed by atoms with E-state index >= 15 is 0 Å². The van der Waals surface area contributed by atoms with Crippen molar-refractivity contribution in [2.45, 2.75) is 44.2 Å². The number of anilines is 1. The van der Waals surface area contributed by atoms with E-state index < -0.39 is 18.0 Å². The Morgan fingerprint density at radius 1 is 1.31 bits per heavy atom. The SMILES string of the molecule is O=C(Nc1n[nH]c(-c2ccc(Cl)s2)c1C1CCC1)C1CC(C(F)(F)F)C1. The summed E-state index contributed by atoms with van der Waals surface area (Å²) in [6.45, 7) is 0. The largest absolute Gasteiger partial charge is 0.391 e. The molecule has 26 heavy (non-hydrogen) atoms. The Bertz CT molecular complexity index is 822. The molecule has 140 valence electrons. The van der Waals surface area contributed by atoms with Gasteiger partial charge < -0.3 is 5.32 Å². The first-order valence-electron chi connectivity index (χ1n) is 8.54. The van der Waals surface area contributed by atoms with Crippen molar-refractivity contribution in [1.82, 2.24) is 10.2 Å². The predicted octanol–water partition coefficient (Wildman–Crippen LogP) is 5.59. The maximum atomic E-state index is 12.6. The van der Waals surface area contributed by atoms with Crippen LogP contribution in [0.15, 0.2) is 12.1 Å². The van der Waals surface area contributed by atoms with Gasteiger partial charge in [-0.3, -0.25) is 9.89 Å². The third-order valence-electron chi connectivity index (χ3n) is 5.35. The molecule has 0 atom stereocenters. The Kier molecular flexibility index (Phi) is 4.51. The highest BCUT2D eigenvalue weighted by molar-refractivity contribution is 7.19. The van der Waals surface area contributed by atoms with E-state index in [1.165, 1.54) is 11.3 Å². The number of H-pyrrole nitrogens is 1. The molecule has 9 heteroatoms. The van der Waals surface area contributed by atoms with Crippen molar-refractivity contribution in [2.24, 2.45) is 11.8 Å². The highest BCUT2D eigenvalue weighted by Crippen LogP contribution is 2.47. The van der Waals surface area contributed by atoms with Gasteiger partial charge in [0.1, 0.15) is 0 Å².